The summed E-state index contributed by atoms with van der Waals surface area (Å²) < 4.78 is 1.57. The highest BCUT2D eigenvalue weighted by Gasteiger charge is 2.22. The van der Waals surface area contributed by atoms with Crippen LogP contribution >= 0.6 is 0 Å². The lowest BCUT2D eigenvalue weighted by molar-refractivity contribution is -0.384. The Balaban J connectivity index is 1.93. The monoisotopic (exact) mass is 352 g/mol. The quantitative estimate of drug-likeness (QED) is 0.379. The first-order valence-electron chi connectivity index (χ1n) is 7.74. The molecule has 0 amide bonds. The molecule has 2 aromatic heterocycles. The largest absolute Gasteiger partial charge is 0.363 e. The van der Waals surface area contributed by atoms with E-state index < -0.39 is 4.92 Å². The Labute approximate surface area is 149 Å². The number of nitro groups is 1. The van der Waals surface area contributed by atoms with Crippen molar-refractivity contribution in [3.8, 4) is 0 Å². The number of carbonyl (C=O) groups is 1. The van der Waals surface area contributed by atoms with Crippen molar-refractivity contribution in [2.45, 2.75) is 6.54 Å². The van der Waals surface area contributed by atoms with Crippen LogP contribution in [0.15, 0.2) is 49.2 Å². The van der Waals surface area contributed by atoms with Crippen LogP contribution in [-0.4, -0.2) is 37.3 Å². The zero-order valence-electron chi connectivity index (χ0n) is 14.2. The minimum atomic E-state index is -0.502. The minimum absolute atomic E-state index is 0.156. The number of benzene rings is 1. The van der Waals surface area contributed by atoms with Gasteiger partial charge in [-0.1, -0.05) is 0 Å². The Bertz CT molecular complexity index is 954. The molecule has 0 N–H and O–H groups in total. The van der Waals surface area contributed by atoms with Crippen LogP contribution in [0.4, 0.5) is 11.4 Å². The van der Waals surface area contributed by atoms with Crippen LogP contribution in [0.1, 0.15) is 21.9 Å². The molecule has 26 heavy (non-hydrogen) atoms. The molecule has 0 aliphatic heterocycles. The summed E-state index contributed by atoms with van der Waals surface area (Å²) in [7, 11) is 3.41. The lowest BCUT2D eigenvalue weighted by atomic mass is 10.1. The van der Waals surface area contributed by atoms with Crippen molar-refractivity contribution >= 4 is 17.2 Å². The van der Waals surface area contributed by atoms with E-state index in [1.165, 1.54) is 12.3 Å². The Morgan fingerprint density at radius 3 is 2.69 bits per heavy atom. The van der Waals surface area contributed by atoms with Crippen LogP contribution in [0.3, 0.4) is 0 Å². The normalized spacial score (nSPS) is 10.5. The van der Waals surface area contributed by atoms with Crippen LogP contribution < -0.4 is 4.90 Å². The van der Waals surface area contributed by atoms with E-state index in [1.807, 2.05) is 0 Å². The molecule has 0 aliphatic rings. The summed E-state index contributed by atoms with van der Waals surface area (Å²) in [5.74, 6) is -0.149. The maximum Gasteiger partial charge on any atom is 0.293 e. The van der Waals surface area contributed by atoms with E-state index in [-0.39, 0.29) is 22.9 Å². The number of hydrogen-bond acceptors (Lipinski definition) is 7. The lowest BCUT2D eigenvalue weighted by Crippen LogP contribution is -2.19. The van der Waals surface area contributed by atoms with E-state index in [1.54, 1.807) is 60.5 Å². The van der Waals surface area contributed by atoms with Gasteiger partial charge in [-0.2, -0.15) is 0 Å². The van der Waals surface area contributed by atoms with Crippen molar-refractivity contribution in [1.82, 2.24) is 19.5 Å². The van der Waals surface area contributed by atoms with Crippen LogP contribution in [0.25, 0.3) is 0 Å². The second-order valence-electron chi connectivity index (χ2n) is 5.70. The fourth-order valence-corrected chi connectivity index (χ4v) is 2.59. The topological polar surface area (TPSA) is 107 Å². The smallest absolute Gasteiger partial charge is 0.293 e. The number of anilines is 1. The van der Waals surface area contributed by atoms with Gasteiger partial charge in [0.1, 0.15) is 5.69 Å². The van der Waals surface area contributed by atoms with Crippen molar-refractivity contribution < 1.29 is 9.72 Å². The highest BCUT2D eigenvalue weighted by Crippen LogP contribution is 2.30. The Morgan fingerprint density at radius 2 is 2.08 bits per heavy atom. The van der Waals surface area contributed by atoms with Gasteiger partial charge >= 0.3 is 0 Å². The molecular weight excluding hydrogens is 336 g/mol. The maximum absolute atomic E-state index is 12.5. The number of ketones is 1. The highest BCUT2D eigenvalue weighted by molar-refractivity contribution is 6.07. The molecule has 0 radical (unpaired) electrons. The Morgan fingerprint density at radius 1 is 1.27 bits per heavy atom. The van der Waals surface area contributed by atoms with Crippen molar-refractivity contribution in [1.29, 1.82) is 0 Å². The van der Waals surface area contributed by atoms with E-state index in [9.17, 15) is 14.9 Å². The van der Waals surface area contributed by atoms with Crippen molar-refractivity contribution in [2.24, 2.45) is 7.05 Å². The van der Waals surface area contributed by atoms with Gasteiger partial charge in [0.05, 0.1) is 23.4 Å². The average Bonchev–Trinajstić information content (AvgIpc) is 3.07. The van der Waals surface area contributed by atoms with E-state index >= 15 is 0 Å². The molecule has 9 nitrogen and oxygen atoms in total. The Hall–Kier alpha value is -3.62. The van der Waals surface area contributed by atoms with Crippen LogP contribution in [-0.2, 0) is 13.6 Å². The van der Waals surface area contributed by atoms with Gasteiger partial charge in [0.25, 0.3) is 5.69 Å². The molecule has 132 valence electrons. The molecule has 0 aliphatic carbocycles. The summed E-state index contributed by atoms with van der Waals surface area (Å²) in [5.41, 5.74) is 1.12. The predicted molar refractivity (Wildman–Crippen MR) is 93.9 cm³/mol. The first kappa shape index (κ1) is 17.2. The fourth-order valence-electron chi connectivity index (χ4n) is 2.59. The van der Waals surface area contributed by atoms with Crippen molar-refractivity contribution in [3.05, 3.63) is 76.4 Å². The Kier molecular flexibility index (Phi) is 4.70. The molecule has 9 heteroatoms. The van der Waals surface area contributed by atoms with Crippen LogP contribution in [0, 0.1) is 10.1 Å². The van der Waals surface area contributed by atoms with Crippen LogP contribution in [0.2, 0.25) is 0 Å². The summed E-state index contributed by atoms with van der Waals surface area (Å²) in [6.45, 7) is 0.349. The number of rotatable bonds is 6. The number of carbonyl (C=O) groups excluding carboxylic acids is 1. The second kappa shape index (κ2) is 7.09. The number of nitrogens with zero attached hydrogens (tertiary/aromatic N) is 6. The standard InChI is InChI=1S/C17H16N6O3/c1-21-8-7-20-17(21)16(24)12-3-4-14(15(9-12)23(25)26)22(2)11-13-10-18-5-6-19-13/h3-10H,11H2,1-2H3. The first-order valence-corrected chi connectivity index (χ1v) is 7.74. The summed E-state index contributed by atoms with van der Waals surface area (Å²) in [5, 5.41) is 11.5. The van der Waals surface area contributed by atoms with Crippen molar-refractivity contribution in [2.75, 3.05) is 11.9 Å². The maximum atomic E-state index is 12.5. The van der Waals surface area contributed by atoms with E-state index in [0.29, 0.717) is 17.9 Å². The van der Waals surface area contributed by atoms with Gasteiger partial charge in [-0.3, -0.25) is 24.9 Å². The lowest BCUT2D eigenvalue weighted by Gasteiger charge is -2.18. The summed E-state index contributed by atoms with van der Waals surface area (Å²) in [6.07, 6.45) is 7.87. The van der Waals surface area contributed by atoms with Gasteiger partial charge in [-0.25, -0.2) is 4.98 Å². The summed E-state index contributed by atoms with van der Waals surface area (Å²) in [6, 6.07) is 4.40. The number of aromatic nitrogens is 4. The van der Waals surface area contributed by atoms with Crippen LogP contribution in [0.5, 0.6) is 0 Å². The molecule has 0 atom stereocenters. The van der Waals surface area contributed by atoms with Crippen molar-refractivity contribution in [3.63, 3.8) is 0 Å². The average molecular weight is 352 g/mol. The number of imidazole rings is 1. The molecule has 2 heterocycles. The molecule has 0 spiro atoms. The molecule has 0 bridgehead atoms. The molecule has 1 aromatic carbocycles. The molecule has 0 saturated heterocycles. The predicted octanol–water partition coefficient (Wildman–Crippen LogP) is 1.99. The van der Waals surface area contributed by atoms with Gasteiger partial charge < -0.3 is 9.47 Å². The third-order valence-corrected chi connectivity index (χ3v) is 3.89. The van der Waals surface area contributed by atoms with Gasteiger partial charge in [0.2, 0.25) is 5.78 Å². The zero-order chi connectivity index (χ0) is 18.7. The molecular formula is C17H16N6O3. The second-order valence-corrected chi connectivity index (χ2v) is 5.70. The van der Waals surface area contributed by atoms with Gasteiger partial charge in [-0.05, 0) is 12.1 Å². The minimum Gasteiger partial charge on any atom is -0.363 e. The number of nitro benzene ring substituents is 1. The SMILES string of the molecule is CN(Cc1cnccn1)c1ccc(C(=O)c2nccn2C)cc1[N+](=O)[O-]. The molecule has 0 unspecified atom stereocenters. The van der Waals surface area contributed by atoms with E-state index in [0.717, 1.165) is 0 Å². The third-order valence-electron chi connectivity index (χ3n) is 3.89. The van der Waals surface area contributed by atoms with Gasteiger partial charge in [-0.15, -0.1) is 0 Å². The van der Waals surface area contributed by atoms with E-state index in [2.05, 4.69) is 15.0 Å². The summed E-state index contributed by atoms with van der Waals surface area (Å²) in [4.78, 5) is 37.4. The third kappa shape index (κ3) is 3.41. The van der Waals surface area contributed by atoms with Gasteiger partial charge in [0.15, 0.2) is 5.82 Å². The fraction of sp³-hybridized carbons (Fsp3) is 0.176. The number of aryl methyl sites for hydroxylation is 1. The molecule has 0 fully saturated rings. The van der Waals surface area contributed by atoms with E-state index in [4.69, 9.17) is 0 Å². The molecule has 3 rings (SSSR count). The molecule has 0 saturated carbocycles. The highest BCUT2D eigenvalue weighted by atomic mass is 16.6. The van der Waals surface area contributed by atoms with Gasteiger partial charge in [0, 0.05) is 50.5 Å². The zero-order valence-corrected chi connectivity index (χ0v) is 14.2. The first-order chi connectivity index (χ1) is 12.5. The molecule has 3 aromatic rings. The number of hydrogen-bond donors (Lipinski definition) is 0. The summed E-state index contributed by atoms with van der Waals surface area (Å²) >= 11 is 0.